The first-order valence-corrected chi connectivity index (χ1v) is 10.9. The van der Waals surface area contributed by atoms with Gasteiger partial charge >= 0.3 is 0 Å². The molecule has 0 heteroatoms. The first-order chi connectivity index (χ1) is 13.6. The molecule has 1 aromatic carbocycles. The Bertz CT molecular complexity index is 942. The van der Waals surface area contributed by atoms with Crippen LogP contribution in [0, 0.1) is 11.8 Å². The number of rotatable bonds is 4. The summed E-state index contributed by atoms with van der Waals surface area (Å²) in [5, 5.41) is 0. The highest BCUT2D eigenvalue weighted by Crippen LogP contribution is 2.59. The van der Waals surface area contributed by atoms with E-state index in [0.29, 0.717) is 11.8 Å². The Balaban J connectivity index is 2.06. The van der Waals surface area contributed by atoms with E-state index in [0.717, 1.165) is 19.3 Å². The molecule has 1 aromatic rings. The fraction of sp³-hybridized carbons (Fsp3) is 0.357. The maximum atomic E-state index is 2.52. The Morgan fingerprint density at radius 2 is 2.00 bits per heavy atom. The summed E-state index contributed by atoms with van der Waals surface area (Å²) in [7, 11) is 0. The molecule has 0 radical (unpaired) electrons. The van der Waals surface area contributed by atoms with Crippen LogP contribution in [-0.2, 0) is 5.41 Å². The molecule has 0 nitrogen and oxygen atoms in total. The summed E-state index contributed by atoms with van der Waals surface area (Å²) in [5.74, 6) is 0.979. The maximum absolute atomic E-state index is 2.52. The van der Waals surface area contributed by atoms with Crippen LogP contribution in [0.1, 0.15) is 58.1 Å². The fourth-order valence-electron chi connectivity index (χ4n) is 5.66. The van der Waals surface area contributed by atoms with Crippen LogP contribution in [0.2, 0.25) is 0 Å². The van der Waals surface area contributed by atoms with Crippen molar-refractivity contribution >= 4 is 5.57 Å². The smallest absolute Gasteiger partial charge is 0.0459 e. The van der Waals surface area contributed by atoms with Gasteiger partial charge in [-0.05, 0) is 65.5 Å². The van der Waals surface area contributed by atoms with Gasteiger partial charge < -0.3 is 0 Å². The Labute approximate surface area is 170 Å². The summed E-state index contributed by atoms with van der Waals surface area (Å²) < 4.78 is 0. The zero-order valence-electron chi connectivity index (χ0n) is 17.7. The van der Waals surface area contributed by atoms with Gasteiger partial charge in [0.05, 0.1) is 0 Å². The molecule has 0 aromatic heterocycles. The van der Waals surface area contributed by atoms with Gasteiger partial charge in [-0.2, -0.15) is 0 Å². The number of hydrogen-bond acceptors (Lipinski definition) is 0. The molecular formula is C28H32. The van der Waals surface area contributed by atoms with Gasteiger partial charge in [0.2, 0.25) is 0 Å². The van der Waals surface area contributed by atoms with E-state index in [4.69, 9.17) is 0 Å². The molecule has 2 unspecified atom stereocenters. The quantitative estimate of drug-likeness (QED) is 0.477. The minimum absolute atomic E-state index is 0.0754. The topological polar surface area (TPSA) is 0 Å². The van der Waals surface area contributed by atoms with Crippen molar-refractivity contribution < 1.29 is 0 Å². The molecule has 28 heavy (non-hydrogen) atoms. The van der Waals surface area contributed by atoms with E-state index in [1.807, 2.05) is 0 Å². The monoisotopic (exact) mass is 368 g/mol. The van der Waals surface area contributed by atoms with Crippen molar-refractivity contribution in [3.63, 3.8) is 0 Å². The van der Waals surface area contributed by atoms with E-state index in [1.165, 1.54) is 22.3 Å². The SMILES string of the molecule is C/C=C/C1(C2=CCC=CC(CC)=C2C(C)C)c2ccccc2C2=CC=CCC21. The van der Waals surface area contributed by atoms with Crippen LogP contribution >= 0.6 is 0 Å². The highest BCUT2D eigenvalue weighted by Gasteiger charge is 2.50. The van der Waals surface area contributed by atoms with Crippen molar-refractivity contribution in [2.75, 3.05) is 0 Å². The van der Waals surface area contributed by atoms with Crippen LogP contribution in [-0.4, -0.2) is 0 Å². The average molecular weight is 369 g/mol. The van der Waals surface area contributed by atoms with Crippen molar-refractivity contribution in [3.8, 4) is 0 Å². The molecule has 144 valence electrons. The molecule has 0 aliphatic heterocycles. The Morgan fingerprint density at radius 1 is 1.18 bits per heavy atom. The molecule has 0 spiro atoms. The molecule has 4 rings (SSSR count). The summed E-state index contributed by atoms with van der Waals surface area (Å²) in [5.41, 5.74) is 8.95. The van der Waals surface area contributed by atoms with Gasteiger partial charge in [0.15, 0.2) is 0 Å². The van der Waals surface area contributed by atoms with Gasteiger partial charge in [0.25, 0.3) is 0 Å². The largest absolute Gasteiger partial charge is 0.0904 e. The number of benzene rings is 1. The second-order valence-corrected chi connectivity index (χ2v) is 8.46. The summed E-state index contributed by atoms with van der Waals surface area (Å²) in [6.45, 7) is 9.20. The maximum Gasteiger partial charge on any atom is 0.0459 e. The zero-order chi connectivity index (χ0) is 19.7. The highest BCUT2D eigenvalue weighted by molar-refractivity contribution is 5.83. The first-order valence-electron chi connectivity index (χ1n) is 10.9. The normalized spacial score (nSPS) is 26.4. The summed E-state index contributed by atoms with van der Waals surface area (Å²) in [6, 6.07) is 9.11. The molecule has 0 N–H and O–H groups in total. The Hall–Kier alpha value is -2.34. The molecule has 0 bridgehead atoms. The Kier molecular flexibility index (Phi) is 5.15. The van der Waals surface area contributed by atoms with E-state index in [-0.39, 0.29) is 5.41 Å². The van der Waals surface area contributed by atoms with Crippen LogP contribution in [0.15, 0.2) is 89.6 Å². The standard InChI is InChI=1S/C28H32/c1-5-19-28(26-18-10-7-13-21(6-2)27(26)20(3)4)24-16-11-8-14-22(24)23-15-9-12-17-25(23)28/h5,7-9,11-16,18-20,25H,6,10,17H2,1-4H3/b19-5+. The minimum Gasteiger partial charge on any atom is -0.0904 e. The summed E-state index contributed by atoms with van der Waals surface area (Å²) >= 11 is 0. The molecule has 3 aliphatic rings. The van der Waals surface area contributed by atoms with Crippen molar-refractivity contribution in [1.29, 1.82) is 0 Å². The predicted octanol–water partition coefficient (Wildman–Crippen LogP) is 7.72. The second-order valence-electron chi connectivity index (χ2n) is 8.46. The first kappa shape index (κ1) is 19.0. The lowest BCUT2D eigenvalue weighted by molar-refractivity contribution is 0.484. The van der Waals surface area contributed by atoms with Gasteiger partial charge in [0, 0.05) is 11.3 Å². The van der Waals surface area contributed by atoms with E-state index < -0.39 is 0 Å². The number of fused-ring (bicyclic) bond motifs is 3. The summed E-state index contributed by atoms with van der Waals surface area (Å²) in [6.07, 6.45) is 22.2. The Morgan fingerprint density at radius 3 is 2.75 bits per heavy atom. The lowest BCUT2D eigenvalue weighted by Crippen LogP contribution is -2.34. The average Bonchev–Trinajstić information content (AvgIpc) is 2.85. The van der Waals surface area contributed by atoms with Gasteiger partial charge in [-0.1, -0.05) is 93.6 Å². The van der Waals surface area contributed by atoms with Gasteiger partial charge in [-0.15, -0.1) is 0 Å². The van der Waals surface area contributed by atoms with Crippen LogP contribution in [0.3, 0.4) is 0 Å². The fourth-order valence-corrected chi connectivity index (χ4v) is 5.66. The third kappa shape index (κ3) is 2.73. The molecule has 3 aliphatic carbocycles. The third-order valence-corrected chi connectivity index (χ3v) is 6.64. The minimum atomic E-state index is -0.0754. The molecular weight excluding hydrogens is 336 g/mol. The van der Waals surface area contributed by atoms with Crippen LogP contribution in [0.5, 0.6) is 0 Å². The van der Waals surface area contributed by atoms with E-state index in [9.17, 15) is 0 Å². The zero-order valence-corrected chi connectivity index (χ0v) is 17.7. The molecule has 0 amide bonds. The highest BCUT2D eigenvalue weighted by atomic mass is 14.5. The lowest BCUT2D eigenvalue weighted by Gasteiger charge is -2.40. The molecule has 0 saturated carbocycles. The summed E-state index contributed by atoms with van der Waals surface area (Å²) in [4.78, 5) is 0. The lowest BCUT2D eigenvalue weighted by atomic mass is 9.62. The van der Waals surface area contributed by atoms with Crippen molar-refractivity contribution in [1.82, 2.24) is 0 Å². The second kappa shape index (κ2) is 7.59. The van der Waals surface area contributed by atoms with Gasteiger partial charge in [-0.3, -0.25) is 0 Å². The molecule has 2 atom stereocenters. The van der Waals surface area contributed by atoms with Gasteiger partial charge in [0.1, 0.15) is 0 Å². The molecule has 0 saturated heterocycles. The third-order valence-electron chi connectivity index (χ3n) is 6.64. The van der Waals surface area contributed by atoms with E-state index >= 15 is 0 Å². The van der Waals surface area contributed by atoms with Crippen LogP contribution in [0.25, 0.3) is 5.57 Å². The predicted molar refractivity (Wildman–Crippen MR) is 122 cm³/mol. The molecule has 0 heterocycles. The van der Waals surface area contributed by atoms with E-state index in [2.05, 4.69) is 101 Å². The van der Waals surface area contributed by atoms with Gasteiger partial charge in [-0.25, -0.2) is 0 Å². The molecule has 0 fully saturated rings. The van der Waals surface area contributed by atoms with Crippen molar-refractivity contribution in [3.05, 3.63) is 101 Å². The number of hydrogen-bond donors (Lipinski definition) is 0. The van der Waals surface area contributed by atoms with Crippen LogP contribution in [0.4, 0.5) is 0 Å². The van der Waals surface area contributed by atoms with Crippen molar-refractivity contribution in [2.45, 2.75) is 52.4 Å². The van der Waals surface area contributed by atoms with E-state index in [1.54, 1.807) is 11.1 Å². The van der Waals surface area contributed by atoms with Crippen molar-refractivity contribution in [2.24, 2.45) is 11.8 Å². The van der Waals surface area contributed by atoms with Crippen LogP contribution < -0.4 is 0 Å². The number of allylic oxidation sites excluding steroid dienone is 12.